The second kappa shape index (κ2) is 4.10. The fraction of sp³-hybridized carbons (Fsp3) is 0.909. The predicted octanol–water partition coefficient (Wildman–Crippen LogP) is -0.0774. The molecular weight excluding hydrogens is 190 g/mol. The van der Waals surface area contributed by atoms with Gasteiger partial charge in [0.2, 0.25) is 5.91 Å². The highest BCUT2D eigenvalue weighted by atomic mass is 16.2. The molecule has 2 rings (SSSR count). The molecule has 0 bridgehead atoms. The summed E-state index contributed by atoms with van der Waals surface area (Å²) in [4.78, 5) is 13.4. The number of hydrogen-bond donors (Lipinski definition) is 2. The van der Waals surface area contributed by atoms with Gasteiger partial charge in [-0.3, -0.25) is 4.79 Å². The maximum absolute atomic E-state index is 11.5. The number of likely N-dealkylation sites (tertiary alicyclic amines) is 1. The lowest BCUT2D eigenvalue weighted by Gasteiger charge is -2.24. The predicted molar refractivity (Wildman–Crippen MR) is 59.1 cm³/mol. The second-order valence-corrected chi connectivity index (χ2v) is 5.11. The van der Waals surface area contributed by atoms with Gasteiger partial charge in [0, 0.05) is 13.1 Å². The Morgan fingerprint density at radius 2 is 2.20 bits per heavy atom. The van der Waals surface area contributed by atoms with E-state index < -0.39 is 0 Å². The molecule has 4 heteroatoms. The summed E-state index contributed by atoms with van der Waals surface area (Å²) in [6, 6.07) is 0. The number of nitrogens with zero attached hydrogens (tertiary/aromatic N) is 1. The SMILES string of the molecule is NCC(=O)N1CCC2(CCC(CN)C2)C1. The Kier molecular flexibility index (Phi) is 2.98. The molecule has 1 saturated heterocycles. The molecule has 1 heterocycles. The normalized spacial score (nSPS) is 35.3. The summed E-state index contributed by atoms with van der Waals surface area (Å²) in [6.07, 6.45) is 4.83. The van der Waals surface area contributed by atoms with E-state index in [0.717, 1.165) is 26.1 Å². The Bertz CT molecular complexity index is 256. The lowest BCUT2D eigenvalue weighted by atomic mass is 9.84. The van der Waals surface area contributed by atoms with Crippen LogP contribution in [0.5, 0.6) is 0 Å². The van der Waals surface area contributed by atoms with Crippen LogP contribution in [0.3, 0.4) is 0 Å². The molecule has 0 aromatic heterocycles. The first kappa shape index (κ1) is 10.9. The van der Waals surface area contributed by atoms with E-state index in [2.05, 4.69) is 0 Å². The Morgan fingerprint density at radius 1 is 1.40 bits per heavy atom. The van der Waals surface area contributed by atoms with Gasteiger partial charge in [0.1, 0.15) is 0 Å². The number of carbonyl (C=O) groups is 1. The van der Waals surface area contributed by atoms with E-state index in [-0.39, 0.29) is 12.5 Å². The highest BCUT2D eigenvalue weighted by molar-refractivity contribution is 5.78. The molecule has 15 heavy (non-hydrogen) atoms. The Labute approximate surface area is 91.0 Å². The third-order valence-corrected chi connectivity index (χ3v) is 4.10. The van der Waals surface area contributed by atoms with Gasteiger partial charge < -0.3 is 16.4 Å². The van der Waals surface area contributed by atoms with Crippen LogP contribution in [0.15, 0.2) is 0 Å². The Balaban J connectivity index is 1.94. The van der Waals surface area contributed by atoms with Crippen molar-refractivity contribution in [3.05, 3.63) is 0 Å². The maximum atomic E-state index is 11.5. The first-order valence-electron chi connectivity index (χ1n) is 5.87. The third kappa shape index (κ3) is 2.01. The highest BCUT2D eigenvalue weighted by Crippen LogP contribution is 2.47. The van der Waals surface area contributed by atoms with Gasteiger partial charge in [0.05, 0.1) is 6.54 Å². The fourth-order valence-electron chi connectivity index (χ4n) is 3.18. The number of hydrogen-bond acceptors (Lipinski definition) is 3. The van der Waals surface area contributed by atoms with Crippen LogP contribution in [0.2, 0.25) is 0 Å². The quantitative estimate of drug-likeness (QED) is 0.671. The Hall–Kier alpha value is -0.610. The first-order valence-corrected chi connectivity index (χ1v) is 5.87. The molecule has 0 radical (unpaired) electrons. The summed E-state index contributed by atoms with van der Waals surface area (Å²) >= 11 is 0. The van der Waals surface area contributed by atoms with Crippen LogP contribution in [0.1, 0.15) is 25.7 Å². The van der Waals surface area contributed by atoms with E-state index in [0.29, 0.717) is 11.3 Å². The topological polar surface area (TPSA) is 72.4 Å². The first-order chi connectivity index (χ1) is 7.19. The minimum absolute atomic E-state index is 0.100. The molecule has 1 saturated carbocycles. The molecule has 2 atom stereocenters. The molecule has 1 amide bonds. The summed E-state index contributed by atoms with van der Waals surface area (Å²) in [5, 5.41) is 0. The minimum atomic E-state index is 0.100. The third-order valence-electron chi connectivity index (χ3n) is 4.10. The minimum Gasteiger partial charge on any atom is -0.341 e. The number of carbonyl (C=O) groups excluding carboxylic acids is 1. The van der Waals surface area contributed by atoms with Crippen LogP contribution in [-0.2, 0) is 4.79 Å². The molecule has 86 valence electrons. The van der Waals surface area contributed by atoms with Crippen LogP contribution >= 0.6 is 0 Å². The number of rotatable bonds is 2. The molecule has 1 aliphatic heterocycles. The van der Waals surface area contributed by atoms with Gasteiger partial charge in [-0.25, -0.2) is 0 Å². The monoisotopic (exact) mass is 211 g/mol. The van der Waals surface area contributed by atoms with Crippen molar-refractivity contribution >= 4 is 5.91 Å². The van der Waals surface area contributed by atoms with Crippen molar-refractivity contribution in [1.82, 2.24) is 4.90 Å². The van der Waals surface area contributed by atoms with Crippen molar-refractivity contribution in [2.24, 2.45) is 22.8 Å². The van der Waals surface area contributed by atoms with Crippen molar-refractivity contribution in [2.45, 2.75) is 25.7 Å². The van der Waals surface area contributed by atoms with Gasteiger partial charge in [-0.05, 0) is 43.6 Å². The molecule has 1 spiro atoms. The molecule has 4 N–H and O–H groups in total. The standard InChI is InChI=1S/C11H21N3O/c12-6-9-1-2-11(5-9)3-4-14(8-11)10(15)7-13/h9H,1-8,12-13H2. The van der Waals surface area contributed by atoms with Gasteiger partial charge in [0.15, 0.2) is 0 Å². The molecule has 1 aliphatic carbocycles. The zero-order valence-electron chi connectivity index (χ0n) is 9.24. The molecule has 2 unspecified atom stereocenters. The summed E-state index contributed by atoms with van der Waals surface area (Å²) in [5.41, 5.74) is 11.5. The van der Waals surface area contributed by atoms with E-state index in [1.807, 2.05) is 4.90 Å². The average molecular weight is 211 g/mol. The second-order valence-electron chi connectivity index (χ2n) is 5.11. The van der Waals surface area contributed by atoms with Crippen molar-refractivity contribution < 1.29 is 4.79 Å². The zero-order valence-corrected chi connectivity index (χ0v) is 9.24. The average Bonchev–Trinajstić information content (AvgIpc) is 2.86. The molecule has 0 aromatic carbocycles. The van der Waals surface area contributed by atoms with Crippen LogP contribution < -0.4 is 11.5 Å². The lowest BCUT2D eigenvalue weighted by Crippen LogP contribution is -2.35. The van der Waals surface area contributed by atoms with Crippen LogP contribution in [-0.4, -0.2) is 37.0 Å². The molecule has 0 aromatic rings. The van der Waals surface area contributed by atoms with Gasteiger partial charge in [-0.15, -0.1) is 0 Å². The highest BCUT2D eigenvalue weighted by Gasteiger charge is 2.44. The summed E-state index contributed by atoms with van der Waals surface area (Å²) < 4.78 is 0. The van der Waals surface area contributed by atoms with Gasteiger partial charge in [-0.1, -0.05) is 0 Å². The zero-order chi connectivity index (χ0) is 10.9. The van der Waals surface area contributed by atoms with Crippen molar-refractivity contribution in [3.63, 3.8) is 0 Å². The van der Waals surface area contributed by atoms with Crippen molar-refractivity contribution in [3.8, 4) is 0 Å². The summed E-state index contributed by atoms with van der Waals surface area (Å²) in [5.74, 6) is 0.779. The van der Waals surface area contributed by atoms with Gasteiger partial charge in [-0.2, -0.15) is 0 Å². The van der Waals surface area contributed by atoms with Gasteiger partial charge >= 0.3 is 0 Å². The van der Waals surface area contributed by atoms with E-state index >= 15 is 0 Å². The molecule has 2 aliphatic rings. The summed E-state index contributed by atoms with van der Waals surface area (Å²) in [6.45, 7) is 2.76. The van der Waals surface area contributed by atoms with Crippen molar-refractivity contribution in [1.29, 1.82) is 0 Å². The van der Waals surface area contributed by atoms with E-state index in [9.17, 15) is 4.79 Å². The lowest BCUT2D eigenvalue weighted by molar-refractivity contribution is -0.129. The van der Waals surface area contributed by atoms with E-state index in [1.54, 1.807) is 0 Å². The van der Waals surface area contributed by atoms with E-state index in [4.69, 9.17) is 11.5 Å². The van der Waals surface area contributed by atoms with E-state index in [1.165, 1.54) is 19.3 Å². The number of nitrogens with two attached hydrogens (primary N) is 2. The largest absolute Gasteiger partial charge is 0.341 e. The number of amides is 1. The van der Waals surface area contributed by atoms with Gasteiger partial charge in [0.25, 0.3) is 0 Å². The fourth-order valence-corrected chi connectivity index (χ4v) is 3.18. The van der Waals surface area contributed by atoms with Crippen LogP contribution in [0, 0.1) is 11.3 Å². The van der Waals surface area contributed by atoms with Crippen LogP contribution in [0.25, 0.3) is 0 Å². The molecule has 2 fully saturated rings. The van der Waals surface area contributed by atoms with Crippen LogP contribution in [0.4, 0.5) is 0 Å². The maximum Gasteiger partial charge on any atom is 0.236 e. The van der Waals surface area contributed by atoms with Crippen molar-refractivity contribution in [2.75, 3.05) is 26.2 Å². The molecule has 4 nitrogen and oxygen atoms in total. The Morgan fingerprint density at radius 3 is 2.80 bits per heavy atom. The molecular formula is C11H21N3O. The summed E-state index contributed by atoms with van der Waals surface area (Å²) in [7, 11) is 0. The smallest absolute Gasteiger partial charge is 0.236 e.